The molecule has 4 heteroatoms. The third-order valence-electron chi connectivity index (χ3n) is 3.35. The number of ether oxygens (including phenoxy) is 1. The maximum atomic E-state index is 12.2. The average Bonchev–Trinajstić information content (AvgIpc) is 2.78. The van der Waals surface area contributed by atoms with Crippen LogP contribution in [0.5, 0.6) is 5.75 Å². The van der Waals surface area contributed by atoms with Crippen molar-refractivity contribution in [1.29, 1.82) is 0 Å². The van der Waals surface area contributed by atoms with E-state index in [1.807, 2.05) is 13.8 Å². The lowest BCUT2D eigenvalue weighted by molar-refractivity contribution is -0.144. The van der Waals surface area contributed by atoms with E-state index in [9.17, 15) is 9.59 Å². The van der Waals surface area contributed by atoms with Crippen LogP contribution >= 0.6 is 0 Å². The predicted octanol–water partition coefficient (Wildman–Crippen LogP) is 2.53. The molecule has 1 unspecified atom stereocenters. The SMILES string of the molecule is C=C(CC)C(=O)c1cc2c(cc1C)OC(C(=O)O)C2. The van der Waals surface area contributed by atoms with Gasteiger partial charge in [-0.25, -0.2) is 4.79 Å². The number of carbonyl (C=O) groups is 2. The quantitative estimate of drug-likeness (QED) is 0.667. The Balaban J connectivity index is 2.37. The van der Waals surface area contributed by atoms with Gasteiger partial charge in [0, 0.05) is 12.0 Å². The topological polar surface area (TPSA) is 63.6 Å². The Morgan fingerprint density at radius 1 is 1.47 bits per heavy atom. The molecule has 1 N–H and O–H groups in total. The van der Waals surface area contributed by atoms with Gasteiger partial charge in [-0.05, 0) is 42.2 Å². The summed E-state index contributed by atoms with van der Waals surface area (Å²) in [4.78, 5) is 23.1. The molecule has 2 rings (SSSR count). The summed E-state index contributed by atoms with van der Waals surface area (Å²) in [6.45, 7) is 7.45. The zero-order chi connectivity index (χ0) is 14.2. The Morgan fingerprint density at radius 2 is 2.16 bits per heavy atom. The van der Waals surface area contributed by atoms with Crippen molar-refractivity contribution in [3.63, 3.8) is 0 Å². The van der Waals surface area contributed by atoms with E-state index in [-0.39, 0.29) is 5.78 Å². The van der Waals surface area contributed by atoms with E-state index < -0.39 is 12.1 Å². The van der Waals surface area contributed by atoms with Gasteiger partial charge in [-0.15, -0.1) is 0 Å². The van der Waals surface area contributed by atoms with Gasteiger partial charge in [-0.3, -0.25) is 4.79 Å². The number of hydrogen-bond acceptors (Lipinski definition) is 3. The van der Waals surface area contributed by atoms with Crippen molar-refractivity contribution in [3.8, 4) is 5.75 Å². The predicted molar refractivity (Wildman–Crippen MR) is 70.7 cm³/mol. The minimum absolute atomic E-state index is 0.0819. The number of Topliss-reactive ketones (excluding diaryl/α,β-unsaturated/α-hetero) is 1. The van der Waals surface area contributed by atoms with Crippen LogP contribution in [0.1, 0.15) is 34.8 Å². The lowest BCUT2D eigenvalue weighted by Crippen LogP contribution is -2.24. The summed E-state index contributed by atoms with van der Waals surface area (Å²) in [6.07, 6.45) is 0.0436. The van der Waals surface area contributed by atoms with Gasteiger partial charge in [0.05, 0.1) is 0 Å². The number of carbonyl (C=O) groups excluding carboxylic acids is 1. The number of rotatable bonds is 4. The summed E-state index contributed by atoms with van der Waals surface area (Å²) < 4.78 is 5.34. The fourth-order valence-corrected chi connectivity index (χ4v) is 2.12. The molecule has 1 aliphatic rings. The van der Waals surface area contributed by atoms with Gasteiger partial charge < -0.3 is 9.84 Å². The second-order valence-electron chi connectivity index (χ2n) is 4.71. The molecule has 0 aliphatic carbocycles. The number of aryl methyl sites for hydroxylation is 1. The number of ketones is 1. The molecule has 0 amide bonds. The van der Waals surface area contributed by atoms with Crippen LogP contribution in [0.15, 0.2) is 24.3 Å². The maximum Gasteiger partial charge on any atom is 0.345 e. The van der Waals surface area contributed by atoms with Crippen molar-refractivity contribution < 1.29 is 19.4 Å². The Labute approximate surface area is 111 Å². The van der Waals surface area contributed by atoms with Gasteiger partial charge in [0.15, 0.2) is 11.9 Å². The molecule has 1 atom stereocenters. The van der Waals surface area contributed by atoms with Crippen molar-refractivity contribution in [1.82, 2.24) is 0 Å². The highest BCUT2D eigenvalue weighted by Gasteiger charge is 2.30. The van der Waals surface area contributed by atoms with E-state index >= 15 is 0 Å². The van der Waals surface area contributed by atoms with E-state index in [0.29, 0.717) is 29.7 Å². The fraction of sp³-hybridized carbons (Fsp3) is 0.333. The molecule has 0 radical (unpaired) electrons. The summed E-state index contributed by atoms with van der Waals surface area (Å²) >= 11 is 0. The number of carboxylic acid groups (broad SMARTS) is 1. The molecular weight excluding hydrogens is 244 g/mol. The summed E-state index contributed by atoms with van der Waals surface area (Å²) in [6, 6.07) is 3.46. The van der Waals surface area contributed by atoms with Crippen LogP contribution in [0.3, 0.4) is 0 Å². The van der Waals surface area contributed by atoms with Crippen LogP contribution in [0.2, 0.25) is 0 Å². The monoisotopic (exact) mass is 260 g/mol. The largest absolute Gasteiger partial charge is 0.478 e. The molecule has 1 aromatic rings. The molecule has 0 spiro atoms. The normalized spacial score (nSPS) is 16.6. The van der Waals surface area contributed by atoms with Crippen LogP contribution in [-0.2, 0) is 11.2 Å². The van der Waals surface area contributed by atoms with Gasteiger partial charge in [-0.2, -0.15) is 0 Å². The number of hydrogen-bond donors (Lipinski definition) is 1. The molecule has 19 heavy (non-hydrogen) atoms. The van der Waals surface area contributed by atoms with Gasteiger partial charge >= 0.3 is 5.97 Å². The van der Waals surface area contributed by atoms with E-state index in [1.54, 1.807) is 12.1 Å². The maximum absolute atomic E-state index is 12.2. The van der Waals surface area contributed by atoms with Gasteiger partial charge in [0.25, 0.3) is 0 Å². The van der Waals surface area contributed by atoms with Crippen molar-refractivity contribution in [3.05, 3.63) is 41.0 Å². The molecule has 0 bridgehead atoms. The smallest absolute Gasteiger partial charge is 0.345 e. The molecule has 4 nitrogen and oxygen atoms in total. The fourth-order valence-electron chi connectivity index (χ4n) is 2.12. The van der Waals surface area contributed by atoms with Crippen molar-refractivity contribution in [2.45, 2.75) is 32.8 Å². The molecule has 100 valence electrons. The molecular formula is C15H16O4. The number of benzene rings is 1. The average molecular weight is 260 g/mol. The Bertz CT molecular complexity index is 572. The standard InChI is InChI=1S/C15H16O4/c1-4-8(2)14(16)11-6-10-7-13(15(17)18)19-12(10)5-9(11)3/h5-6,13H,2,4,7H2,1,3H3,(H,17,18). The molecule has 0 aromatic heterocycles. The summed E-state index contributed by atoms with van der Waals surface area (Å²) in [5.74, 6) is -0.509. The Morgan fingerprint density at radius 3 is 2.74 bits per heavy atom. The van der Waals surface area contributed by atoms with Crippen LogP contribution in [0, 0.1) is 6.92 Å². The zero-order valence-electron chi connectivity index (χ0n) is 11.0. The van der Waals surface area contributed by atoms with Crippen molar-refractivity contribution in [2.24, 2.45) is 0 Å². The zero-order valence-corrected chi connectivity index (χ0v) is 11.0. The highest BCUT2D eigenvalue weighted by Crippen LogP contribution is 2.32. The van der Waals surface area contributed by atoms with E-state index in [0.717, 1.165) is 11.1 Å². The summed E-state index contributed by atoms with van der Waals surface area (Å²) in [5, 5.41) is 8.95. The third-order valence-corrected chi connectivity index (χ3v) is 3.35. The molecule has 0 saturated heterocycles. The van der Waals surface area contributed by atoms with Crippen LogP contribution < -0.4 is 4.74 Å². The third kappa shape index (κ3) is 2.38. The number of aliphatic carboxylic acids is 1. The first-order valence-corrected chi connectivity index (χ1v) is 6.19. The molecule has 0 saturated carbocycles. The Kier molecular flexibility index (Phi) is 3.42. The van der Waals surface area contributed by atoms with Crippen LogP contribution in [0.4, 0.5) is 0 Å². The molecule has 1 aliphatic heterocycles. The minimum atomic E-state index is -0.986. The van der Waals surface area contributed by atoms with E-state index in [4.69, 9.17) is 9.84 Å². The second-order valence-corrected chi connectivity index (χ2v) is 4.71. The van der Waals surface area contributed by atoms with Gasteiger partial charge in [0.2, 0.25) is 0 Å². The minimum Gasteiger partial charge on any atom is -0.478 e. The first-order valence-electron chi connectivity index (χ1n) is 6.19. The highest BCUT2D eigenvalue weighted by atomic mass is 16.5. The van der Waals surface area contributed by atoms with E-state index in [1.165, 1.54) is 0 Å². The summed E-state index contributed by atoms with van der Waals surface area (Å²) in [5.41, 5.74) is 2.69. The van der Waals surface area contributed by atoms with Gasteiger partial charge in [-0.1, -0.05) is 13.5 Å². The number of fused-ring (bicyclic) bond motifs is 1. The van der Waals surface area contributed by atoms with Crippen LogP contribution in [-0.4, -0.2) is 23.0 Å². The lowest BCUT2D eigenvalue weighted by Gasteiger charge is -2.08. The Hall–Kier alpha value is -2.10. The number of allylic oxidation sites excluding steroid dienone is 1. The first-order chi connectivity index (χ1) is 8.93. The molecule has 0 fully saturated rings. The summed E-state index contributed by atoms with van der Waals surface area (Å²) in [7, 11) is 0. The number of carboxylic acids is 1. The van der Waals surface area contributed by atoms with Gasteiger partial charge in [0.1, 0.15) is 5.75 Å². The van der Waals surface area contributed by atoms with Crippen molar-refractivity contribution >= 4 is 11.8 Å². The van der Waals surface area contributed by atoms with Crippen LogP contribution in [0.25, 0.3) is 0 Å². The lowest BCUT2D eigenvalue weighted by atomic mass is 9.95. The van der Waals surface area contributed by atoms with E-state index in [2.05, 4.69) is 6.58 Å². The van der Waals surface area contributed by atoms with Crippen molar-refractivity contribution in [2.75, 3.05) is 0 Å². The molecule has 1 heterocycles. The first kappa shape index (κ1) is 13.3. The molecule has 1 aromatic carbocycles. The highest BCUT2D eigenvalue weighted by molar-refractivity contribution is 6.09. The second kappa shape index (κ2) is 4.88.